The van der Waals surface area contributed by atoms with Crippen LogP contribution in [-0.2, 0) is 14.3 Å². The fourth-order valence-corrected chi connectivity index (χ4v) is 1.43. The largest absolute Gasteiger partial charge is 0.481 e. The molecule has 0 aliphatic rings. The average molecular weight is 246 g/mol. The predicted octanol–water partition coefficient (Wildman–Crippen LogP) is -0.0196. The number of hydrogen-bond donors (Lipinski definition) is 3. The van der Waals surface area contributed by atoms with E-state index in [4.69, 9.17) is 9.84 Å². The van der Waals surface area contributed by atoms with Crippen molar-refractivity contribution in [1.29, 1.82) is 0 Å². The highest BCUT2D eigenvalue weighted by Gasteiger charge is 2.14. The summed E-state index contributed by atoms with van der Waals surface area (Å²) in [7, 11) is 1.43. The Labute approximate surface area is 102 Å². The van der Waals surface area contributed by atoms with Crippen LogP contribution in [0.5, 0.6) is 0 Å². The molecule has 0 aromatic heterocycles. The normalized spacial score (nSPS) is 14.1. The summed E-state index contributed by atoms with van der Waals surface area (Å²) in [6, 6.07) is 0.112. The van der Waals surface area contributed by atoms with Gasteiger partial charge >= 0.3 is 5.97 Å². The molecule has 0 aromatic rings. The molecule has 0 spiro atoms. The molecule has 3 N–H and O–H groups in total. The first-order valence-corrected chi connectivity index (χ1v) is 5.74. The van der Waals surface area contributed by atoms with Gasteiger partial charge < -0.3 is 20.5 Å². The van der Waals surface area contributed by atoms with Gasteiger partial charge in [-0.25, -0.2) is 0 Å². The van der Waals surface area contributed by atoms with Gasteiger partial charge in [-0.1, -0.05) is 6.92 Å². The maximum absolute atomic E-state index is 11.5. The highest BCUT2D eigenvalue weighted by molar-refractivity contribution is 5.76. The summed E-state index contributed by atoms with van der Waals surface area (Å²) >= 11 is 0. The summed E-state index contributed by atoms with van der Waals surface area (Å²) in [5.41, 5.74) is 0. The first-order chi connectivity index (χ1) is 7.99. The van der Waals surface area contributed by atoms with Crippen molar-refractivity contribution in [2.75, 3.05) is 20.2 Å². The van der Waals surface area contributed by atoms with Gasteiger partial charge in [0.15, 0.2) is 0 Å². The van der Waals surface area contributed by atoms with Gasteiger partial charge in [0.05, 0.1) is 12.5 Å². The Morgan fingerprint density at radius 1 is 1.35 bits per heavy atom. The van der Waals surface area contributed by atoms with Crippen LogP contribution >= 0.6 is 0 Å². The summed E-state index contributed by atoms with van der Waals surface area (Å²) in [5, 5.41) is 14.4. The molecule has 0 aromatic carbocycles. The lowest BCUT2D eigenvalue weighted by Gasteiger charge is -2.16. The Bertz CT molecular complexity index is 246. The number of rotatable bonds is 9. The Hall–Kier alpha value is -1.14. The number of amides is 1. The molecular weight excluding hydrogens is 224 g/mol. The van der Waals surface area contributed by atoms with E-state index in [1.807, 2.05) is 13.8 Å². The zero-order valence-corrected chi connectivity index (χ0v) is 10.7. The first-order valence-electron chi connectivity index (χ1n) is 5.74. The van der Waals surface area contributed by atoms with Crippen LogP contribution in [0.25, 0.3) is 0 Å². The van der Waals surface area contributed by atoms with Crippen LogP contribution in [0.2, 0.25) is 0 Å². The predicted molar refractivity (Wildman–Crippen MR) is 63.8 cm³/mol. The second-order valence-corrected chi connectivity index (χ2v) is 3.92. The Balaban J connectivity index is 3.84. The van der Waals surface area contributed by atoms with Gasteiger partial charge in [-0.15, -0.1) is 0 Å². The van der Waals surface area contributed by atoms with E-state index in [-0.39, 0.29) is 24.9 Å². The van der Waals surface area contributed by atoms with Gasteiger partial charge in [0.2, 0.25) is 5.91 Å². The van der Waals surface area contributed by atoms with Crippen LogP contribution < -0.4 is 10.6 Å². The molecule has 0 radical (unpaired) electrons. The maximum atomic E-state index is 11.5. The van der Waals surface area contributed by atoms with Crippen molar-refractivity contribution in [2.45, 2.75) is 38.8 Å². The third-order valence-corrected chi connectivity index (χ3v) is 2.31. The minimum Gasteiger partial charge on any atom is -0.481 e. The highest BCUT2D eigenvalue weighted by atomic mass is 16.5. The molecule has 0 bridgehead atoms. The number of carboxylic acids is 1. The van der Waals surface area contributed by atoms with Crippen molar-refractivity contribution in [3.05, 3.63) is 0 Å². The molecule has 1 amide bonds. The molecule has 0 fully saturated rings. The number of carbonyl (C=O) groups excluding carboxylic acids is 1. The van der Waals surface area contributed by atoms with Crippen LogP contribution in [0.1, 0.15) is 26.7 Å². The number of hydrogen-bond acceptors (Lipinski definition) is 4. The monoisotopic (exact) mass is 246 g/mol. The molecule has 2 unspecified atom stereocenters. The molecule has 6 nitrogen and oxygen atoms in total. The van der Waals surface area contributed by atoms with Crippen molar-refractivity contribution in [3.63, 3.8) is 0 Å². The molecular formula is C11H22N2O4. The third-order valence-electron chi connectivity index (χ3n) is 2.31. The topological polar surface area (TPSA) is 87.7 Å². The van der Waals surface area contributed by atoms with Crippen molar-refractivity contribution in [2.24, 2.45) is 0 Å². The standard InChI is InChI=1S/C11H22N2O4/c1-4-12-8(2)5-10(14)13-7-9(17-3)6-11(15)16/h8-9,12H,4-7H2,1-3H3,(H,13,14)(H,15,16). The quantitative estimate of drug-likeness (QED) is 0.532. The third kappa shape index (κ3) is 8.65. The molecule has 0 saturated heterocycles. The smallest absolute Gasteiger partial charge is 0.306 e. The Kier molecular flexibility index (Phi) is 8.35. The van der Waals surface area contributed by atoms with Gasteiger partial charge in [-0.3, -0.25) is 9.59 Å². The van der Waals surface area contributed by atoms with E-state index in [0.717, 1.165) is 6.54 Å². The number of methoxy groups -OCH3 is 1. The summed E-state index contributed by atoms with van der Waals surface area (Å²) in [5.74, 6) is -1.04. The van der Waals surface area contributed by atoms with Crippen LogP contribution in [-0.4, -0.2) is 49.3 Å². The number of carbonyl (C=O) groups is 2. The van der Waals surface area contributed by atoms with E-state index < -0.39 is 12.1 Å². The fraction of sp³-hybridized carbons (Fsp3) is 0.818. The van der Waals surface area contributed by atoms with E-state index in [1.165, 1.54) is 7.11 Å². The summed E-state index contributed by atoms with van der Waals surface area (Å²) in [4.78, 5) is 22.0. The molecule has 2 atom stereocenters. The lowest BCUT2D eigenvalue weighted by atomic mass is 10.2. The van der Waals surface area contributed by atoms with Gasteiger partial charge in [-0.05, 0) is 13.5 Å². The Morgan fingerprint density at radius 3 is 2.47 bits per heavy atom. The minimum absolute atomic E-state index is 0.106. The summed E-state index contributed by atoms with van der Waals surface area (Å²) in [6.45, 7) is 4.94. The second-order valence-electron chi connectivity index (χ2n) is 3.92. The lowest BCUT2D eigenvalue weighted by Crippen LogP contribution is -2.38. The molecule has 0 rings (SSSR count). The van der Waals surface area contributed by atoms with Gasteiger partial charge in [-0.2, -0.15) is 0 Å². The van der Waals surface area contributed by atoms with Crippen molar-refractivity contribution in [3.8, 4) is 0 Å². The molecule has 0 heterocycles. The van der Waals surface area contributed by atoms with Gasteiger partial charge in [0, 0.05) is 26.1 Å². The first kappa shape index (κ1) is 15.9. The fourth-order valence-electron chi connectivity index (χ4n) is 1.43. The van der Waals surface area contributed by atoms with E-state index in [2.05, 4.69) is 10.6 Å². The number of ether oxygens (including phenoxy) is 1. The van der Waals surface area contributed by atoms with Gasteiger partial charge in [0.25, 0.3) is 0 Å². The van der Waals surface area contributed by atoms with Crippen LogP contribution in [0.4, 0.5) is 0 Å². The number of aliphatic carboxylic acids is 1. The van der Waals surface area contributed by atoms with Crippen molar-refractivity contribution in [1.82, 2.24) is 10.6 Å². The van der Waals surface area contributed by atoms with Crippen LogP contribution in [0, 0.1) is 0 Å². The molecule has 0 saturated carbocycles. The van der Waals surface area contributed by atoms with Crippen molar-refractivity contribution >= 4 is 11.9 Å². The molecule has 100 valence electrons. The number of nitrogens with one attached hydrogen (secondary N) is 2. The zero-order valence-electron chi connectivity index (χ0n) is 10.7. The van der Waals surface area contributed by atoms with E-state index in [9.17, 15) is 9.59 Å². The van der Waals surface area contributed by atoms with E-state index in [1.54, 1.807) is 0 Å². The molecule has 17 heavy (non-hydrogen) atoms. The summed E-state index contributed by atoms with van der Waals surface area (Å²) < 4.78 is 4.95. The highest BCUT2D eigenvalue weighted by Crippen LogP contribution is 1.96. The average Bonchev–Trinajstić information content (AvgIpc) is 2.23. The zero-order chi connectivity index (χ0) is 13.3. The number of carboxylic acid groups (broad SMARTS) is 1. The van der Waals surface area contributed by atoms with E-state index in [0.29, 0.717) is 6.42 Å². The van der Waals surface area contributed by atoms with E-state index >= 15 is 0 Å². The second kappa shape index (κ2) is 8.95. The van der Waals surface area contributed by atoms with Crippen LogP contribution in [0.3, 0.4) is 0 Å². The lowest BCUT2D eigenvalue weighted by molar-refractivity contribution is -0.140. The molecule has 0 aliphatic carbocycles. The molecule has 6 heteroatoms. The minimum atomic E-state index is -0.938. The maximum Gasteiger partial charge on any atom is 0.306 e. The van der Waals surface area contributed by atoms with Crippen LogP contribution in [0.15, 0.2) is 0 Å². The SMILES string of the molecule is CCNC(C)CC(=O)NCC(CC(=O)O)OC. The Morgan fingerprint density at radius 2 is 2.00 bits per heavy atom. The molecule has 0 aliphatic heterocycles. The van der Waals surface area contributed by atoms with Gasteiger partial charge in [0.1, 0.15) is 0 Å². The van der Waals surface area contributed by atoms with Crippen molar-refractivity contribution < 1.29 is 19.4 Å². The summed E-state index contributed by atoms with van der Waals surface area (Å²) in [6.07, 6.45) is -0.220.